The van der Waals surface area contributed by atoms with Gasteiger partial charge in [-0.15, -0.1) is 5.11 Å². The molecule has 0 unspecified atom stereocenters. The van der Waals surface area contributed by atoms with Crippen LogP contribution >= 0.6 is 0 Å². The molecule has 1 heterocycles. The topological polar surface area (TPSA) is 82.6 Å². The molecule has 0 fully saturated rings. The third kappa shape index (κ3) is 2.67. The van der Waals surface area contributed by atoms with Crippen molar-refractivity contribution in [3.8, 4) is 17.0 Å². The number of benzene rings is 2. The van der Waals surface area contributed by atoms with Crippen molar-refractivity contribution in [2.45, 2.75) is 0 Å². The Morgan fingerprint density at radius 1 is 0.909 bits per heavy atom. The average Bonchev–Trinajstić information content (AvgIpc) is 2.94. The predicted molar refractivity (Wildman–Crippen MR) is 84.0 cm³/mol. The van der Waals surface area contributed by atoms with Gasteiger partial charge in [-0.3, -0.25) is 15.0 Å². The summed E-state index contributed by atoms with van der Waals surface area (Å²) in [4.78, 5) is 12.0. The molecule has 6 nitrogen and oxygen atoms in total. The van der Waals surface area contributed by atoms with Crippen LogP contribution in [-0.4, -0.2) is 17.3 Å². The molecule has 0 saturated heterocycles. The van der Waals surface area contributed by atoms with Gasteiger partial charge in [0.15, 0.2) is 5.69 Å². The van der Waals surface area contributed by atoms with Crippen LogP contribution < -0.4 is 10.3 Å². The Bertz CT molecular complexity index is 850. The number of methoxy groups -OCH3 is 1. The van der Waals surface area contributed by atoms with E-state index in [1.807, 2.05) is 54.6 Å². The van der Waals surface area contributed by atoms with E-state index >= 15 is 0 Å². The number of rotatable bonds is 4. The summed E-state index contributed by atoms with van der Waals surface area (Å²) in [6.07, 6.45) is 0. The molecule has 3 rings (SSSR count). The van der Waals surface area contributed by atoms with Gasteiger partial charge < -0.3 is 4.74 Å². The zero-order valence-corrected chi connectivity index (χ0v) is 11.9. The molecule has 0 aliphatic heterocycles. The molecule has 2 aromatic carbocycles. The summed E-state index contributed by atoms with van der Waals surface area (Å²) in [7, 11) is 1.58. The molecule has 110 valence electrons. The fraction of sp³-hybridized carbons (Fsp3) is 0.0625. The van der Waals surface area contributed by atoms with Gasteiger partial charge in [-0.05, 0) is 24.3 Å². The van der Waals surface area contributed by atoms with Crippen molar-refractivity contribution < 1.29 is 4.74 Å². The summed E-state index contributed by atoms with van der Waals surface area (Å²) in [5.41, 5.74) is 1.84. The minimum atomic E-state index is -0.333. The SMILES string of the molecule is COc1ccccc1-c1[nH][nH]c(=O)c1N=Nc1ccccc1. The highest BCUT2D eigenvalue weighted by Crippen LogP contribution is 2.33. The Kier molecular flexibility index (Phi) is 3.82. The highest BCUT2D eigenvalue weighted by Gasteiger charge is 2.15. The van der Waals surface area contributed by atoms with Crippen molar-refractivity contribution >= 4 is 11.4 Å². The van der Waals surface area contributed by atoms with Gasteiger partial charge >= 0.3 is 0 Å². The molecular formula is C16H14N4O2. The Morgan fingerprint density at radius 2 is 1.64 bits per heavy atom. The molecular weight excluding hydrogens is 280 g/mol. The van der Waals surface area contributed by atoms with Crippen molar-refractivity contribution in [2.75, 3.05) is 7.11 Å². The molecule has 0 aliphatic rings. The van der Waals surface area contributed by atoms with Crippen LogP contribution in [0, 0.1) is 0 Å². The van der Waals surface area contributed by atoms with Crippen molar-refractivity contribution in [1.82, 2.24) is 10.2 Å². The van der Waals surface area contributed by atoms with E-state index < -0.39 is 0 Å². The third-order valence-electron chi connectivity index (χ3n) is 3.15. The standard InChI is InChI=1S/C16H14N4O2/c1-22-13-10-6-5-9-12(13)14-15(16(21)20-18-14)19-17-11-7-3-2-4-8-11/h2-10H,1H3,(H2,18,20,21). The van der Waals surface area contributed by atoms with Crippen LogP contribution in [0.4, 0.5) is 11.4 Å². The largest absolute Gasteiger partial charge is 0.496 e. The summed E-state index contributed by atoms with van der Waals surface area (Å²) in [5.74, 6) is 0.647. The van der Waals surface area contributed by atoms with Crippen LogP contribution in [0.2, 0.25) is 0 Å². The molecule has 0 saturated carbocycles. The number of hydrogen-bond acceptors (Lipinski definition) is 4. The Hall–Kier alpha value is -3.15. The second kappa shape index (κ2) is 6.09. The van der Waals surface area contributed by atoms with Crippen LogP contribution in [0.15, 0.2) is 69.6 Å². The molecule has 0 aliphatic carbocycles. The molecule has 0 radical (unpaired) electrons. The number of nitrogens with zero attached hydrogens (tertiary/aromatic N) is 2. The van der Waals surface area contributed by atoms with Crippen molar-refractivity contribution in [3.63, 3.8) is 0 Å². The first kappa shape index (κ1) is 13.8. The van der Waals surface area contributed by atoms with Gasteiger partial charge in [-0.1, -0.05) is 30.3 Å². The number of azo groups is 1. The van der Waals surface area contributed by atoms with Gasteiger partial charge in [0, 0.05) is 5.56 Å². The molecule has 22 heavy (non-hydrogen) atoms. The number of ether oxygens (including phenoxy) is 1. The highest BCUT2D eigenvalue weighted by atomic mass is 16.5. The van der Waals surface area contributed by atoms with E-state index in [4.69, 9.17) is 4.74 Å². The maximum absolute atomic E-state index is 12.0. The monoisotopic (exact) mass is 294 g/mol. The zero-order valence-electron chi connectivity index (χ0n) is 11.9. The van der Waals surface area contributed by atoms with Crippen LogP contribution in [0.3, 0.4) is 0 Å². The van der Waals surface area contributed by atoms with Crippen molar-refractivity contribution in [1.29, 1.82) is 0 Å². The first-order valence-electron chi connectivity index (χ1n) is 6.70. The Labute approximate surface area is 126 Å². The quantitative estimate of drug-likeness (QED) is 0.717. The molecule has 1 aromatic heterocycles. The van der Waals surface area contributed by atoms with E-state index in [1.54, 1.807) is 7.11 Å². The molecule has 2 N–H and O–H groups in total. The summed E-state index contributed by atoms with van der Waals surface area (Å²) < 4.78 is 5.32. The molecule has 6 heteroatoms. The Balaban J connectivity index is 2.05. The van der Waals surface area contributed by atoms with Gasteiger partial charge in [-0.2, -0.15) is 5.11 Å². The van der Waals surface area contributed by atoms with Gasteiger partial charge in [0.25, 0.3) is 5.56 Å². The predicted octanol–water partition coefficient (Wildman–Crippen LogP) is 3.79. The lowest BCUT2D eigenvalue weighted by Gasteiger charge is -2.06. The molecule has 0 bridgehead atoms. The lowest BCUT2D eigenvalue weighted by Crippen LogP contribution is -1.96. The lowest BCUT2D eigenvalue weighted by atomic mass is 10.1. The van der Waals surface area contributed by atoms with Crippen LogP contribution in [-0.2, 0) is 0 Å². The Morgan fingerprint density at radius 3 is 2.41 bits per heavy atom. The fourth-order valence-electron chi connectivity index (χ4n) is 2.10. The van der Waals surface area contributed by atoms with Crippen molar-refractivity contribution in [3.05, 3.63) is 65.0 Å². The number of hydrogen-bond donors (Lipinski definition) is 2. The maximum atomic E-state index is 12.0. The first-order valence-corrected chi connectivity index (χ1v) is 6.70. The molecule has 0 amide bonds. The smallest absolute Gasteiger partial charge is 0.292 e. The second-order valence-corrected chi connectivity index (χ2v) is 4.54. The van der Waals surface area contributed by atoms with Crippen LogP contribution in [0.1, 0.15) is 0 Å². The first-order chi connectivity index (χ1) is 10.8. The number of aromatic amines is 2. The van der Waals surface area contributed by atoms with Gasteiger partial charge in [0.2, 0.25) is 0 Å². The van der Waals surface area contributed by atoms with E-state index in [0.29, 0.717) is 17.1 Å². The minimum absolute atomic E-state index is 0.216. The van der Waals surface area contributed by atoms with Gasteiger partial charge in [-0.25, -0.2) is 0 Å². The number of H-pyrrole nitrogens is 2. The van der Waals surface area contributed by atoms with E-state index in [1.165, 1.54) is 0 Å². The second-order valence-electron chi connectivity index (χ2n) is 4.54. The number of nitrogens with one attached hydrogen (secondary N) is 2. The summed E-state index contributed by atoms with van der Waals surface area (Å²) >= 11 is 0. The van der Waals surface area contributed by atoms with Crippen LogP contribution in [0.5, 0.6) is 5.75 Å². The number of aromatic nitrogens is 2. The maximum Gasteiger partial charge on any atom is 0.292 e. The zero-order chi connectivity index (χ0) is 15.4. The van der Waals surface area contributed by atoms with E-state index in [0.717, 1.165) is 5.56 Å². The third-order valence-corrected chi connectivity index (χ3v) is 3.15. The van der Waals surface area contributed by atoms with E-state index in [9.17, 15) is 4.79 Å². The summed E-state index contributed by atoms with van der Waals surface area (Å²) in [6, 6.07) is 16.6. The van der Waals surface area contributed by atoms with E-state index in [2.05, 4.69) is 20.4 Å². The summed E-state index contributed by atoms with van der Waals surface area (Å²) in [5, 5.41) is 13.5. The lowest BCUT2D eigenvalue weighted by molar-refractivity contribution is 0.416. The molecule has 0 spiro atoms. The van der Waals surface area contributed by atoms with E-state index in [-0.39, 0.29) is 11.2 Å². The average molecular weight is 294 g/mol. The summed E-state index contributed by atoms with van der Waals surface area (Å²) in [6.45, 7) is 0. The number of para-hydroxylation sites is 1. The van der Waals surface area contributed by atoms with Crippen LogP contribution in [0.25, 0.3) is 11.3 Å². The highest BCUT2D eigenvalue weighted by molar-refractivity contribution is 5.76. The fourth-order valence-corrected chi connectivity index (χ4v) is 2.10. The normalized spacial score (nSPS) is 11.0. The molecule has 0 atom stereocenters. The molecule has 3 aromatic rings. The minimum Gasteiger partial charge on any atom is -0.496 e. The van der Waals surface area contributed by atoms with Gasteiger partial charge in [0.05, 0.1) is 18.5 Å². The van der Waals surface area contributed by atoms with Crippen molar-refractivity contribution in [2.24, 2.45) is 10.2 Å². The van der Waals surface area contributed by atoms with Gasteiger partial charge in [0.1, 0.15) is 5.75 Å².